The van der Waals surface area contributed by atoms with Crippen molar-refractivity contribution >= 4 is 0 Å². The quantitative estimate of drug-likeness (QED) is 0.792. The van der Waals surface area contributed by atoms with Crippen molar-refractivity contribution < 1.29 is 32.1 Å². The predicted octanol–water partition coefficient (Wildman–Crippen LogP) is 2.42. The number of hydrogen-bond donors (Lipinski definition) is 1. The SMILES string of the molecule is OCCc1cc(OC(F)F)cc(OC(F)F)c1. The smallest absolute Gasteiger partial charge is 0.387 e. The molecule has 1 aromatic rings. The fraction of sp³-hybridized carbons (Fsp3) is 0.400. The molecule has 96 valence electrons. The molecule has 0 saturated heterocycles. The van der Waals surface area contributed by atoms with Crippen molar-refractivity contribution in [3.8, 4) is 11.5 Å². The van der Waals surface area contributed by atoms with Crippen LogP contribution >= 0.6 is 0 Å². The Morgan fingerprint density at radius 2 is 1.41 bits per heavy atom. The first-order chi connectivity index (χ1) is 8.01. The van der Waals surface area contributed by atoms with E-state index < -0.39 is 13.2 Å². The summed E-state index contributed by atoms with van der Waals surface area (Å²) in [5.41, 5.74) is 0.362. The molecule has 0 aromatic heterocycles. The average molecular weight is 254 g/mol. The zero-order valence-corrected chi connectivity index (χ0v) is 8.58. The summed E-state index contributed by atoms with van der Waals surface area (Å²) < 4.78 is 56.1. The Balaban J connectivity index is 2.91. The maximum Gasteiger partial charge on any atom is 0.387 e. The van der Waals surface area contributed by atoms with Crippen molar-refractivity contribution in [2.24, 2.45) is 0 Å². The van der Waals surface area contributed by atoms with Gasteiger partial charge in [0.25, 0.3) is 0 Å². The van der Waals surface area contributed by atoms with Crippen LogP contribution in [0.4, 0.5) is 17.6 Å². The van der Waals surface area contributed by atoms with E-state index in [1.165, 1.54) is 12.1 Å². The normalized spacial score (nSPS) is 11.0. The van der Waals surface area contributed by atoms with Crippen LogP contribution in [-0.4, -0.2) is 24.9 Å². The first-order valence-corrected chi connectivity index (χ1v) is 4.65. The zero-order valence-electron chi connectivity index (χ0n) is 8.58. The van der Waals surface area contributed by atoms with Gasteiger partial charge < -0.3 is 14.6 Å². The second-order valence-electron chi connectivity index (χ2n) is 3.04. The van der Waals surface area contributed by atoms with E-state index in [2.05, 4.69) is 9.47 Å². The molecule has 17 heavy (non-hydrogen) atoms. The summed E-state index contributed by atoms with van der Waals surface area (Å²) in [5, 5.41) is 8.69. The molecule has 3 nitrogen and oxygen atoms in total. The van der Waals surface area contributed by atoms with Gasteiger partial charge in [0.1, 0.15) is 11.5 Å². The van der Waals surface area contributed by atoms with Gasteiger partial charge in [0.2, 0.25) is 0 Å². The van der Waals surface area contributed by atoms with Crippen LogP contribution in [0.25, 0.3) is 0 Å². The van der Waals surface area contributed by atoms with Crippen LogP contribution in [0.2, 0.25) is 0 Å². The molecule has 0 aliphatic rings. The van der Waals surface area contributed by atoms with Crippen molar-refractivity contribution in [1.29, 1.82) is 0 Å². The van der Waals surface area contributed by atoms with Gasteiger partial charge in [-0.3, -0.25) is 0 Å². The lowest BCUT2D eigenvalue weighted by Gasteiger charge is -2.10. The molecule has 0 spiro atoms. The van der Waals surface area contributed by atoms with Crippen molar-refractivity contribution in [2.45, 2.75) is 19.6 Å². The molecule has 0 aliphatic carbocycles. The van der Waals surface area contributed by atoms with Crippen LogP contribution in [0.15, 0.2) is 18.2 Å². The number of benzene rings is 1. The van der Waals surface area contributed by atoms with Crippen LogP contribution in [0, 0.1) is 0 Å². The van der Waals surface area contributed by atoms with Gasteiger partial charge in [-0.05, 0) is 24.1 Å². The molecule has 0 amide bonds. The van der Waals surface area contributed by atoms with Crippen LogP contribution in [0.3, 0.4) is 0 Å². The molecule has 0 heterocycles. The fourth-order valence-electron chi connectivity index (χ4n) is 1.25. The van der Waals surface area contributed by atoms with E-state index in [-0.39, 0.29) is 24.5 Å². The van der Waals surface area contributed by atoms with Crippen LogP contribution in [-0.2, 0) is 6.42 Å². The summed E-state index contributed by atoms with van der Waals surface area (Å²) in [6.45, 7) is -6.36. The lowest BCUT2D eigenvalue weighted by Crippen LogP contribution is -2.06. The minimum atomic E-state index is -3.06. The fourth-order valence-corrected chi connectivity index (χ4v) is 1.25. The molecule has 0 radical (unpaired) electrons. The molecule has 0 saturated carbocycles. The highest BCUT2D eigenvalue weighted by Gasteiger charge is 2.10. The maximum absolute atomic E-state index is 12.0. The summed E-state index contributed by atoms with van der Waals surface area (Å²) in [7, 11) is 0. The lowest BCUT2D eigenvalue weighted by molar-refractivity contribution is -0.0543. The third kappa shape index (κ3) is 4.90. The van der Waals surface area contributed by atoms with Crippen LogP contribution < -0.4 is 9.47 Å². The summed E-state index contributed by atoms with van der Waals surface area (Å²) in [6.07, 6.45) is 0.125. The molecule has 1 rings (SSSR count). The van der Waals surface area contributed by atoms with Crippen molar-refractivity contribution in [1.82, 2.24) is 0 Å². The molecular formula is C10H10F4O3. The topological polar surface area (TPSA) is 38.7 Å². The molecule has 0 bridgehead atoms. The van der Waals surface area contributed by atoms with Crippen LogP contribution in [0.5, 0.6) is 11.5 Å². The minimum absolute atomic E-state index is 0.125. The highest BCUT2D eigenvalue weighted by molar-refractivity contribution is 5.38. The summed E-state index contributed by atoms with van der Waals surface area (Å²) in [5.74, 6) is -0.580. The van der Waals surface area contributed by atoms with Gasteiger partial charge in [-0.15, -0.1) is 0 Å². The summed E-state index contributed by atoms with van der Waals surface area (Å²) >= 11 is 0. The summed E-state index contributed by atoms with van der Waals surface area (Å²) in [6, 6.07) is 3.38. The number of halogens is 4. The van der Waals surface area contributed by atoms with Gasteiger partial charge >= 0.3 is 13.2 Å². The van der Waals surface area contributed by atoms with E-state index in [0.29, 0.717) is 5.56 Å². The molecule has 0 aliphatic heterocycles. The van der Waals surface area contributed by atoms with E-state index in [1.807, 2.05) is 0 Å². The third-order valence-corrected chi connectivity index (χ3v) is 1.79. The Kier molecular flexibility index (Phi) is 5.02. The van der Waals surface area contributed by atoms with Gasteiger partial charge in [-0.1, -0.05) is 0 Å². The van der Waals surface area contributed by atoms with Gasteiger partial charge in [-0.2, -0.15) is 17.6 Å². The van der Waals surface area contributed by atoms with E-state index >= 15 is 0 Å². The third-order valence-electron chi connectivity index (χ3n) is 1.79. The molecule has 1 aromatic carbocycles. The van der Waals surface area contributed by atoms with Crippen molar-refractivity contribution in [3.05, 3.63) is 23.8 Å². The van der Waals surface area contributed by atoms with Gasteiger partial charge in [0.05, 0.1) is 0 Å². The standard InChI is InChI=1S/C10H10F4O3/c11-9(12)16-7-3-6(1-2-15)4-8(5-7)17-10(13)14/h3-5,9-10,15H,1-2H2. The zero-order chi connectivity index (χ0) is 12.8. The number of hydrogen-bond acceptors (Lipinski definition) is 3. The lowest BCUT2D eigenvalue weighted by atomic mass is 10.1. The number of rotatable bonds is 6. The number of aliphatic hydroxyl groups is 1. The first kappa shape index (κ1) is 13.6. The number of alkyl halides is 4. The van der Waals surface area contributed by atoms with E-state index in [1.54, 1.807) is 0 Å². The largest absolute Gasteiger partial charge is 0.435 e. The van der Waals surface area contributed by atoms with E-state index in [4.69, 9.17) is 5.11 Å². The Hall–Kier alpha value is -1.50. The summed E-state index contributed by atoms with van der Waals surface area (Å²) in [4.78, 5) is 0. The molecule has 0 atom stereocenters. The Morgan fingerprint density at radius 3 is 1.76 bits per heavy atom. The minimum Gasteiger partial charge on any atom is -0.435 e. The Bertz CT molecular complexity index is 329. The molecule has 0 unspecified atom stereocenters. The molecular weight excluding hydrogens is 244 g/mol. The van der Waals surface area contributed by atoms with E-state index in [0.717, 1.165) is 6.07 Å². The number of aliphatic hydroxyl groups excluding tert-OH is 1. The Labute approximate surface area is 94.6 Å². The molecule has 7 heteroatoms. The Morgan fingerprint density at radius 1 is 0.941 bits per heavy atom. The monoisotopic (exact) mass is 254 g/mol. The van der Waals surface area contributed by atoms with Crippen LogP contribution in [0.1, 0.15) is 5.56 Å². The van der Waals surface area contributed by atoms with E-state index in [9.17, 15) is 17.6 Å². The van der Waals surface area contributed by atoms with Gasteiger partial charge in [-0.25, -0.2) is 0 Å². The second kappa shape index (κ2) is 6.29. The predicted molar refractivity (Wildman–Crippen MR) is 50.5 cm³/mol. The first-order valence-electron chi connectivity index (χ1n) is 4.65. The van der Waals surface area contributed by atoms with Crippen molar-refractivity contribution in [3.63, 3.8) is 0 Å². The van der Waals surface area contributed by atoms with Crippen molar-refractivity contribution in [2.75, 3.05) is 6.61 Å². The highest BCUT2D eigenvalue weighted by Crippen LogP contribution is 2.25. The van der Waals surface area contributed by atoms with Gasteiger partial charge in [0, 0.05) is 12.7 Å². The number of ether oxygens (including phenoxy) is 2. The highest BCUT2D eigenvalue weighted by atomic mass is 19.3. The molecule has 1 N–H and O–H groups in total. The second-order valence-corrected chi connectivity index (χ2v) is 3.04. The average Bonchev–Trinajstić information content (AvgIpc) is 2.14. The molecule has 0 fully saturated rings. The maximum atomic E-state index is 12.0. The van der Waals surface area contributed by atoms with Gasteiger partial charge in [0.15, 0.2) is 0 Å².